The van der Waals surface area contributed by atoms with E-state index >= 15 is 0 Å². The van der Waals surface area contributed by atoms with Crippen molar-refractivity contribution in [1.82, 2.24) is 14.7 Å². The first-order valence-corrected chi connectivity index (χ1v) is 6.63. The van der Waals surface area contributed by atoms with Crippen LogP contribution in [0.5, 0.6) is 0 Å². The number of likely N-dealkylation sites (N-methyl/N-ethyl adjacent to an activating group) is 1. The Morgan fingerprint density at radius 1 is 1.17 bits per heavy atom. The van der Waals surface area contributed by atoms with Gasteiger partial charge < -0.3 is 14.5 Å². The SMILES string of the molecule is CN(C)CCN1CCN(C(=O)OC(C)(C)C)CC1. The minimum atomic E-state index is -0.404. The third-order valence-corrected chi connectivity index (χ3v) is 2.89. The number of nitrogens with zero attached hydrogens (tertiary/aromatic N) is 3. The second-order valence-corrected chi connectivity index (χ2v) is 6.11. The quantitative estimate of drug-likeness (QED) is 0.758. The molecule has 1 amide bonds. The summed E-state index contributed by atoms with van der Waals surface area (Å²) < 4.78 is 5.37. The van der Waals surface area contributed by atoms with Crippen LogP contribution in [-0.4, -0.2) is 79.8 Å². The van der Waals surface area contributed by atoms with Crippen LogP contribution in [0.3, 0.4) is 0 Å². The molecule has 0 aliphatic carbocycles. The average molecular weight is 257 g/mol. The fourth-order valence-corrected chi connectivity index (χ4v) is 1.82. The number of ether oxygens (including phenoxy) is 1. The Morgan fingerprint density at radius 2 is 1.72 bits per heavy atom. The summed E-state index contributed by atoms with van der Waals surface area (Å²) in [5, 5.41) is 0. The molecule has 1 rings (SSSR count). The molecule has 0 atom stereocenters. The van der Waals surface area contributed by atoms with Gasteiger partial charge in [0.25, 0.3) is 0 Å². The van der Waals surface area contributed by atoms with E-state index in [0.717, 1.165) is 39.3 Å². The van der Waals surface area contributed by atoms with Crippen molar-refractivity contribution in [3.8, 4) is 0 Å². The molecule has 0 N–H and O–H groups in total. The number of rotatable bonds is 3. The highest BCUT2D eigenvalue weighted by atomic mass is 16.6. The van der Waals surface area contributed by atoms with Gasteiger partial charge in [-0.3, -0.25) is 4.90 Å². The summed E-state index contributed by atoms with van der Waals surface area (Å²) in [5.74, 6) is 0. The van der Waals surface area contributed by atoms with Crippen molar-refractivity contribution in [3.05, 3.63) is 0 Å². The molecule has 18 heavy (non-hydrogen) atoms. The molecule has 0 saturated carbocycles. The first-order valence-electron chi connectivity index (χ1n) is 6.63. The Balaban J connectivity index is 2.28. The maximum absolute atomic E-state index is 11.9. The Kier molecular flexibility index (Phi) is 5.41. The van der Waals surface area contributed by atoms with E-state index in [9.17, 15) is 4.79 Å². The molecule has 0 spiro atoms. The molecular weight excluding hydrogens is 230 g/mol. The zero-order chi connectivity index (χ0) is 13.8. The van der Waals surface area contributed by atoms with E-state index in [0.29, 0.717) is 0 Å². The topological polar surface area (TPSA) is 36.0 Å². The molecule has 0 radical (unpaired) electrons. The van der Waals surface area contributed by atoms with Gasteiger partial charge in [0.05, 0.1) is 0 Å². The van der Waals surface area contributed by atoms with E-state index in [1.807, 2.05) is 20.8 Å². The molecule has 0 aromatic carbocycles. The number of carbonyl (C=O) groups is 1. The fourth-order valence-electron chi connectivity index (χ4n) is 1.82. The van der Waals surface area contributed by atoms with Crippen LogP contribution in [-0.2, 0) is 4.74 Å². The molecule has 1 aliphatic heterocycles. The van der Waals surface area contributed by atoms with Crippen molar-refractivity contribution in [2.45, 2.75) is 26.4 Å². The first kappa shape index (κ1) is 15.2. The smallest absolute Gasteiger partial charge is 0.410 e. The van der Waals surface area contributed by atoms with Gasteiger partial charge in [-0.1, -0.05) is 0 Å². The standard InChI is InChI=1S/C13H27N3O2/c1-13(2,3)18-12(17)16-10-8-15(9-11-16)7-6-14(4)5/h6-11H2,1-5H3. The van der Waals surface area contributed by atoms with Crippen molar-refractivity contribution in [2.75, 3.05) is 53.4 Å². The summed E-state index contributed by atoms with van der Waals surface area (Å²) in [7, 11) is 4.16. The number of hydrogen-bond donors (Lipinski definition) is 0. The van der Waals surface area contributed by atoms with Crippen molar-refractivity contribution in [2.24, 2.45) is 0 Å². The molecule has 1 fully saturated rings. The minimum Gasteiger partial charge on any atom is -0.444 e. The lowest BCUT2D eigenvalue weighted by molar-refractivity contribution is 0.0141. The normalized spacial score (nSPS) is 18.2. The largest absolute Gasteiger partial charge is 0.444 e. The van der Waals surface area contributed by atoms with Gasteiger partial charge in [0.2, 0.25) is 0 Å². The van der Waals surface area contributed by atoms with Crippen LogP contribution in [0.1, 0.15) is 20.8 Å². The molecule has 0 aromatic heterocycles. The zero-order valence-electron chi connectivity index (χ0n) is 12.4. The van der Waals surface area contributed by atoms with Gasteiger partial charge in [0.15, 0.2) is 0 Å². The molecule has 0 unspecified atom stereocenters. The van der Waals surface area contributed by atoms with E-state index < -0.39 is 5.60 Å². The Hall–Kier alpha value is -0.810. The summed E-state index contributed by atoms with van der Waals surface area (Å²) in [6.45, 7) is 11.2. The van der Waals surface area contributed by atoms with Gasteiger partial charge in [0, 0.05) is 39.3 Å². The lowest BCUT2D eigenvalue weighted by Crippen LogP contribution is -2.51. The van der Waals surface area contributed by atoms with Gasteiger partial charge in [-0.2, -0.15) is 0 Å². The molecule has 0 aromatic rings. The zero-order valence-corrected chi connectivity index (χ0v) is 12.4. The second kappa shape index (κ2) is 6.38. The molecule has 1 aliphatic rings. The molecule has 106 valence electrons. The van der Waals surface area contributed by atoms with Crippen LogP contribution in [0.15, 0.2) is 0 Å². The van der Waals surface area contributed by atoms with E-state index in [-0.39, 0.29) is 6.09 Å². The first-order chi connectivity index (χ1) is 8.28. The maximum Gasteiger partial charge on any atom is 0.410 e. The van der Waals surface area contributed by atoms with E-state index in [2.05, 4.69) is 23.9 Å². The van der Waals surface area contributed by atoms with Crippen molar-refractivity contribution in [3.63, 3.8) is 0 Å². The summed E-state index contributed by atoms with van der Waals surface area (Å²) in [4.78, 5) is 18.2. The van der Waals surface area contributed by atoms with Crippen molar-refractivity contribution < 1.29 is 9.53 Å². The number of carbonyl (C=O) groups excluding carboxylic acids is 1. The molecule has 0 bridgehead atoms. The lowest BCUT2D eigenvalue weighted by atomic mass is 10.2. The molecule has 5 nitrogen and oxygen atoms in total. The highest BCUT2D eigenvalue weighted by molar-refractivity contribution is 5.68. The summed E-state index contributed by atoms with van der Waals surface area (Å²) >= 11 is 0. The maximum atomic E-state index is 11.9. The lowest BCUT2D eigenvalue weighted by Gasteiger charge is -2.35. The summed E-state index contributed by atoms with van der Waals surface area (Å²) in [6, 6.07) is 0. The Morgan fingerprint density at radius 3 is 2.17 bits per heavy atom. The molecule has 1 heterocycles. The predicted molar refractivity (Wildman–Crippen MR) is 72.8 cm³/mol. The van der Waals surface area contributed by atoms with Gasteiger partial charge in [-0.25, -0.2) is 4.79 Å². The Bertz CT molecular complexity index is 266. The number of piperazine rings is 1. The summed E-state index contributed by atoms with van der Waals surface area (Å²) in [5.41, 5.74) is -0.404. The van der Waals surface area contributed by atoms with Crippen LogP contribution in [0.25, 0.3) is 0 Å². The van der Waals surface area contributed by atoms with Crippen LogP contribution >= 0.6 is 0 Å². The minimum absolute atomic E-state index is 0.185. The van der Waals surface area contributed by atoms with E-state index in [4.69, 9.17) is 4.74 Å². The molecule has 1 saturated heterocycles. The summed E-state index contributed by atoms with van der Waals surface area (Å²) in [6.07, 6.45) is -0.185. The highest BCUT2D eigenvalue weighted by Crippen LogP contribution is 2.11. The van der Waals surface area contributed by atoms with Crippen molar-refractivity contribution >= 4 is 6.09 Å². The number of amides is 1. The van der Waals surface area contributed by atoms with Crippen LogP contribution in [0.2, 0.25) is 0 Å². The highest BCUT2D eigenvalue weighted by Gasteiger charge is 2.25. The molecular formula is C13H27N3O2. The van der Waals surface area contributed by atoms with Crippen LogP contribution < -0.4 is 0 Å². The Labute approximate surface area is 111 Å². The van der Waals surface area contributed by atoms with Crippen LogP contribution in [0.4, 0.5) is 4.79 Å². The van der Waals surface area contributed by atoms with Crippen molar-refractivity contribution in [1.29, 1.82) is 0 Å². The fraction of sp³-hybridized carbons (Fsp3) is 0.923. The second-order valence-electron chi connectivity index (χ2n) is 6.11. The average Bonchev–Trinajstić information content (AvgIpc) is 2.24. The third kappa shape index (κ3) is 5.69. The monoisotopic (exact) mass is 257 g/mol. The van der Waals surface area contributed by atoms with Gasteiger partial charge in [-0.15, -0.1) is 0 Å². The molecule has 5 heteroatoms. The van der Waals surface area contributed by atoms with Gasteiger partial charge in [-0.05, 0) is 34.9 Å². The van der Waals surface area contributed by atoms with Gasteiger partial charge in [0.1, 0.15) is 5.60 Å². The van der Waals surface area contributed by atoms with Gasteiger partial charge >= 0.3 is 6.09 Å². The number of hydrogen-bond acceptors (Lipinski definition) is 4. The third-order valence-electron chi connectivity index (χ3n) is 2.89. The van der Waals surface area contributed by atoms with Crippen LogP contribution in [0, 0.1) is 0 Å². The van der Waals surface area contributed by atoms with E-state index in [1.165, 1.54) is 0 Å². The predicted octanol–water partition coefficient (Wildman–Crippen LogP) is 1.10. The van der Waals surface area contributed by atoms with E-state index in [1.54, 1.807) is 4.90 Å².